The zero-order valence-electron chi connectivity index (χ0n) is 15.5. The van der Waals surface area contributed by atoms with Gasteiger partial charge >= 0.3 is 5.97 Å². The molecule has 1 aliphatic rings. The van der Waals surface area contributed by atoms with E-state index in [0.717, 1.165) is 25.7 Å². The highest BCUT2D eigenvalue weighted by molar-refractivity contribution is 5.90. The SMILES string of the molecule is CNC(=O)[C@H](CC1CCCCC1)NC(=O)[C@@H](CC(C)C)[C@H](O)C(=O)O. The fraction of sp³-hybridized carbons (Fsp3) is 0.833. The smallest absolute Gasteiger partial charge is 0.333 e. The number of carboxylic acid groups (broad SMARTS) is 1. The summed E-state index contributed by atoms with van der Waals surface area (Å²) < 4.78 is 0. The van der Waals surface area contributed by atoms with Crippen LogP contribution in [0.5, 0.6) is 0 Å². The van der Waals surface area contributed by atoms with E-state index < -0.39 is 29.9 Å². The third kappa shape index (κ3) is 7.02. The highest BCUT2D eigenvalue weighted by Gasteiger charge is 2.35. The summed E-state index contributed by atoms with van der Waals surface area (Å²) in [5, 5.41) is 24.2. The summed E-state index contributed by atoms with van der Waals surface area (Å²) in [4.78, 5) is 35.9. The van der Waals surface area contributed by atoms with Crippen molar-refractivity contribution in [1.29, 1.82) is 0 Å². The Morgan fingerprint density at radius 2 is 1.68 bits per heavy atom. The van der Waals surface area contributed by atoms with E-state index in [1.807, 2.05) is 13.8 Å². The van der Waals surface area contributed by atoms with Gasteiger partial charge in [-0.25, -0.2) is 4.79 Å². The predicted octanol–water partition coefficient (Wildman–Crippen LogP) is 1.30. The van der Waals surface area contributed by atoms with Crippen LogP contribution in [0.1, 0.15) is 58.8 Å². The van der Waals surface area contributed by atoms with Gasteiger partial charge in [-0.2, -0.15) is 0 Å². The minimum absolute atomic E-state index is 0.0431. The Labute approximate surface area is 149 Å². The molecule has 3 atom stereocenters. The van der Waals surface area contributed by atoms with Gasteiger partial charge in [0.05, 0.1) is 5.92 Å². The molecule has 1 rings (SSSR count). The second-order valence-electron chi connectivity index (χ2n) is 7.43. The number of hydrogen-bond donors (Lipinski definition) is 4. The molecule has 7 heteroatoms. The summed E-state index contributed by atoms with van der Waals surface area (Å²) >= 11 is 0. The molecule has 25 heavy (non-hydrogen) atoms. The van der Waals surface area contributed by atoms with Gasteiger partial charge in [-0.15, -0.1) is 0 Å². The van der Waals surface area contributed by atoms with Crippen LogP contribution in [0.3, 0.4) is 0 Å². The van der Waals surface area contributed by atoms with Crippen molar-refractivity contribution in [1.82, 2.24) is 10.6 Å². The number of carbonyl (C=O) groups is 3. The van der Waals surface area contributed by atoms with Crippen molar-refractivity contribution in [2.45, 2.75) is 70.9 Å². The van der Waals surface area contributed by atoms with Crippen LogP contribution in [0.15, 0.2) is 0 Å². The zero-order chi connectivity index (χ0) is 19.0. The van der Waals surface area contributed by atoms with Crippen LogP contribution in [-0.2, 0) is 14.4 Å². The number of likely N-dealkylation sites (N-methyl/N-ethyl adjacent to an activating group) is 1. The maximum absolute atomic E-state index is 12.6. The number of aliphatic hydroxyl groups is 1. The molecule has 0 aliphatic heterocycles. The van der Waals surface area contributed by atoms with Crippen LogP contribution >= 0.6 is 0 Å². The predicted molar refractivity (Wildman–Crippen MR) is 93.8 cm³/mol. The largest absolute Gasteiger partial charge is 0.479 e. The molecule has 7 nitrogen and oxygen atoms in total. The van der Waals surface area contributed by atoms with Crippen molar-refractivity contribution in [3.63, 3.8) is 0 Å². The fourth-order valence-electron chi connectivity index (χ4n) is 3.50. The van der Waals surface area contributed by atoms with Crippen molar-refractivity contribution < 1.29 is 24.6 Å². The second-order valence-corrected chi connectivity index (χ2v) is 7.43. The number of nitrogens with one attached hydrogen (secondary N) is 2. The number of carboxylic acids is 1. The quantitative estimate of drug-likeness (QED) is 0.497. The summed E-state index contributed by atoms with van der Waals surface area (Å²) in [5.74, 6) is -2.94. The molecule has 144 valence electrons. The van der Waals surface area contributed by atoms with E-state index in [4.69, 9.17) is 5.11 Å². The topological polar surface area (TPSA) is 116 Å². The maximum atomic E-state index is 12.6. The zero-order valence-corrected chi connectivity index (χ0v) is 15.5. The van der Waals surface area contributed by atoms with Crippen LogP contribution in [0, 0.1) is 17.8 Å². The molecule has 0 saturated heterocycles. The monoisotopic (exact) mass is 356 g/mol. The minimum atomic E-state index is -1.78. The second kappa shape index (κ2) is 10.4. The van der Waals surface area contributed by atoms with Crippen molar-refractivity contribution in [2.75, 3.05) is 7.05 Å². The average molecular weight is 356 g/mol. The lowest BCUT2D eigenvalue weighted by molar-refractivity contribution is -0.154. The molecule has 0 unspecified atom stereocenters. The summed E-state index contributed by atoms with van der Waals surface area (Å²) in [5.41, 5.74) is 0. The third-order valence-corrected chi connectivity index (χ3v) is 4.87. The molecule has 0 heterocycles. The van der Waals surface area contributed by atoms with Gasteiger partial charge in [0, 0.05) is 7.05 Å². The first kappa shape index (κ1) is 21.4. The van der Waals surface area contributed by atoms with Crippen LogP contribution in [0.25, 0.3) is 0 Å². The molecular weight excluding hydrogens is 324 g/mol. The van der Waals surface area contributed by atoms with Gasteiger partial charge in [0.2, 0.25) is 11.8 Å². The average Bonchev–Trinajstić information content (AvgIpc) is 2.58. The van der Waals surface area contributed by atoms with Gasteiger partial charge in [-0.1, -0.05) is 46.0 Å². The molecule has 0 aromatic heterocycles. The number of aliphatic hydroxyl groups excluding tert-OH is 1. The van der Waals surface area contributed by atoms with Crippen molar-refractivity contribution in [2.24, 2.45) is 17.8 Å². The third-order valence-electron chi connectivity index (χ3n) is 4.87. The normalized spacial score (nSPS) is 19.1. The van der Waals surface area contributed by atoms with Crippen molar-refractivity contribution in [3.8, 4) is 0 Å². The fourth-order valence-corrected chi connectivity index (χ4v) is 3.50. The standard InChI is InChI=1S/C18H32N2O5/c1-11(2)9-13(15(21)18(24)25)16(22)20-14(17(23)19-3)10-12-7-5-4-6-8-12/h11-15,21H,4-10H2,1-3H3,(H,19,23)(H,20,22)(H,24,25)/t13-,14-,15-/m0/s1. The summed E-state index contributed by atoms with van der Waals surface area (Å²) in [6.07, 6.45) is 4.55. The van der Waals surface area contributed by atoms with Crippen LogP contribution in [-0.4, -0.2) is 47.2 Å². The molecule has 0 bridgehead atoms. The Hall–Kier alpha value is -1.63. The van der Waals surface area contributed by atoms with E-state index in [1.54, 1.807) is 0 Å². The number of carbonyl (C=O) groups excluding carboxylic acids is 2. The van der Waals surface area contributed by atoms with E-state index in [-0.39, 0.29) is 18.2 Å². The molecule has 0 radical (unpaired) electrons. The lowest BCUT2D eigenvalue weighted by atomic mass is 9.84. The van der Waals surface area contributed by atoms with E-state index in [9.17, 15) is 19.5 Å². The van der Waals surface area contributed by atoms with Gasteiger partial charge in [-0.05, 0) is 24.7 Å². The number of hydrogen-bond acceptors (Lipinski definition) is 4. The van der Waals surface area contributed by atoms with E-state index in [1.165, 1.54) is 13.5 Å². The van der Waals surface area contributed by atoms with Gasteiger partial charge in [0.15, 0.2) is 6.10 Å². The van der Waals surface area contributed by atoms with Gasteiger partial charge < -0.3 is 20.8 Å². The Bertz CT molecular complexity index is 460. The lowest BCUT2D eigenvalue weighted by Crippen LogP contribution is -2.51. The Kier molecular flexibility index (Phi) is 8.89. The van der Waals surface area contributed by atoms with Crippen LogP contribution in [0.4, 0.5) is 0 Å². The van der Waals surface area contributed by atoms with E-state index in [0.29, 0.717) is 12.3 Å². The number of aliphatic carboxylic acids is 1. The first-order valence-electron chi connectivity index (χ1n) is 9.19. The first-order chi connectivity index (χ1) is 11.8. The van der Waals surface area contributed by atoms with E-state index >= 15 is 0 Å². The molecule has 0 aromatic rings. The highest BCUT2D eigenvalue weighted by atomic mass is 16.4. The number of rotatable bonds is 9. The summed E-state index contributed by atoms with van der Waals surface area (Å²) in [6, 6.07) is -0.698. The van der Waals surface area contributed by atoms with Gasteiger partial charge in [0.1, 0.15) is 6.04 Å². The Balaban J connectivity index is 2.81. The lowest BCUT2D eigenvalue weighted by Gasteiger charge is -2.28. The van der Waals surface area contributed by atoms with Crippen LogP contribution in [0.2, 0.25) is 0 Å². The maximum Gasteiger partial charge on any atom is 0.333 e. The highest BCUT2D eigenvalue weighted by Crippen LogP contribution is 2.27. The molecule has 0 aromatic carbocycles. The first-order valence-corrected chi connectivity index (χ1v) is 9.19. The Morgan fingerprint density at radius 1 is 1.08 bits per heavy atom. The molecule has 1 fully saturated rings. The van der Waals surface area contributed by atoms with Crippen molar-refractivity contribution in [3.05, 3.63) is 0 Å². The molecule has 4 N–H and O–H groups in total. The molecular formula is C18H32N2O5. The summed E-state index contributed by atoms with van der Waals surface area (Å²) in [6.45, 7) is 3.71. The molecule has 0 spiro atoms. The van der Waals surface area contributed by atoms with Gasteiger partial charge in [-0.3, -0.25) is 9.59 Å². The van der Waals surface area contributed by atoms with Gasteiger partial charge in [0.25, 0.3) is 0 Å². The number of amides is 2. The molecule has 1 saturated carbocycles. The Morgan fingerprint density at radius 3 is 2.16 bits per heavy atom. The minimum Gasteiger partial charge on any atom is -0.479 e. The van der Waals surface area contributed by atoms with Crippen molar-refractivity contribution >= 4 is 17.8 Å². The molecule has 2 amide bonds. The molecule has 1 aliphatic carbocycles. The van der Waals surface area contributed by atoms with Crippen LogP contribution < -0.4 is 10.6 Å². The summed E-state index contributed by atoms with van der Waals surface area (Å²) in [7, 11) is 1.51. The van der Waals surface area contributed by atoms with E-state index in [2.05, 4.69) is 10.6 Å².